The molecule has 1 N–H and O–H groups in total. The maximum Gasteiger partial charge on any atom is 0.273 e. The van der Waals surface area contributed by atoms with E-state index in [1.807, 2.05) is 11.7 Å². The molecule has 8 heteroatoms. The van der Waals surface area contributed by atoms with Gasteiger partial charge in [-0.1, -0.05) is 6.07 Å². The molecule has 1 aliphatic carbocycles. The zero-order chi connectivity index (χ0) is 17.1. The highest BCUT2D eigenvalue weighted by Crippen LogP contribution is 2.29. The summed E-state index contributed by atoms with van der Waals surface area (Å²) < 4.78 is 7.20. The fourth-order valence-electron chi connectivity index (χ4n) is 2.93. The molecule has 1 unspecified atom stereocenters. The van der Waals surface area contributed by atoms with Crippen molar-refractivity contribution in [2.45, 2.75) is 25.3 Å². The summed E-state index contributed by atoms with van der Waals surface area (Å²) in [5.74, 6) is 0.0354. The summed E-state index contributed by atoms with van der Waals surface area (Å²) in [6, 6.07) is 5.71. The second-order valence-corrected chi connectivity index (χ2v) is 5.73. The number of nitro groups is 1. The van der Waals surface area contributed by atoms with Crippen molar-refractivity contribution >= 4 is 11.6 Å². The van der Waals surface area contributed by atoms with Crippen LogP contribution in [0.4, 0.5) is 5.69 Å². The van der Waals surface area contributed by atoms with E-state index in [1.165, 1.54) is 18.2 Å². The van der Waals surface area contributed by atoms with Gasteiger partial charge in [-0.15, -0.1) is 0 Å². The van der Waals surface area contributed by atoms with Crippen LogP contribution in [0.25, 0.3) is 0 Å². The molecule has 0 fully saturated rings. The topological polar surface area (TPSA) is 99.3 Å². The van der Waals surface area contributed by atoms with Gasteiger partial charge in [0.25, 0.3) is 11.6 Å². The third-order valence-corrected chi connectivity index (χ3v) is 4.11. The van der Waals surface area contributed by atoms with E-state index in [1.54, 1.807) is 12.3 Å². The third-order valence-electron chi connectivity index (χ3n) is 4.11. The van der Waals surface area contributed by atoms with Crippen molar-refractivity contribution in [2.24, 2.45) is 7.05 Å². The van der Waals surface area contributed by atoms with E-state index < -0.39 is 4.92 Å². The highest BCUT2D eigenvalue weighted by molar-refractivity contribution is 5.78. The van der Waals surface area contributed by atoms with Crippen molar-refractivity contribution < 1.29 is 14.5 Å². The van der Waals surface area contributed by atoms with Crippen molar-refractivity contribution in [3.8, 4) is 5.75 Å². The number of hydrogen-bond acceptors (Lipinski definition) is 5. The van der Waals surface area contributed by atoms with Crippen LogP contribution in [-0.4, -0.2) is 27.2 Å². The molecule has 1 heterocycles. The van der Waals surface area contributed by atoms with Crippen LogP contribution in [-0.2, 0) is 18.3 Å². The first-order valence-corrected chi connectivity index (χ1v) is 7.72. The number of nitrogens with one attached hydrogen (secondary N) is 1. The van der Waals surface area contributed by atoms with E-state index in [4.69, 9.17) is 4.74 Å². The molecule has 0 saturated carbocycles. The lowest BCUT2D eigenvalue weighted by molar-refractivity contribution is -0.384. The molecular formula is C16H18N4O4. The Morgan fingerprint density at radius 2 is 2.38 bits per heavy atom. The lowest BCUT2D eigenvalue weighted by Crippen LogP contribution is -2.34. The van der Waals surface area contributed by atoms with Crippen LogP contribution in [0.2, 0.25) is 0 Å². The summed E-state index contributed by atoms with van der Waals surface area (Å²) in [4.78, 5) is 22.4. The fraction of sp³-hybridized carbons (Fsp3) is 0.375. The van der Waals surface area contributed by atoms with E-state index in [0.717, 1.165) is 30.5 Å². The minimum absolute atomic E-state index is 0.0661. The van der Waals surface area contributed by atoms with Gasteiger partial charge in [-0.2, -0.15) is 5.10 Å². The van der Waals surface area contributed by atoms with E-state index in [0.29, 0.717) is 5.75 Å². The molecule has 8 nitrogen and oxygen atoms in total. The number of amides is 1. The number of fused-ring (bicyclic) bond motifs is 1. The lowest BCUT2D eigenvalue weighted by atomic mass is 9.93. The number of nitro benzene ring substituents is 1. The fourth-order valence-corrected chi connectivity index (χ4v) is 2.93. The molecular weight excluding hydrogens is 312 g/mol. The molecule has 0 radical (unpaired) electrons. The smallest absolute Gasteiger partial charge is 0.273 e. The Morgan fingerprint density at radius 3 is 3.17 bits per heavy atom. The molecule has 0 saturated heterocycles. The number of ether oxygens (including phenoxy) is 1. The van der Waals surface area contributed by atoms with Gasteiger partial charge >= 0.3 is 0 Å². The molecule has 1 aromatic heterocycles. The SMILES string of the molecule is Cn1ncc2c1CCCC2NC(=O)COc1cccc([N+](=O)[O-])c1. The normalized spacial score (nSPS) is 16.3. The first-order chi connectivity index (χ1) is 11.5. The Labute approximate surface area is 138 Å². The van der Waals surface area contributed by atoms with Gasteiger partial charge < -0.3 is 10.1 Å². The number of aromatic nitrogens is 2. The van der Waals surface area contributed by atoms with Gasteiger partial charge in [0, 0.05) is 24.4 Å². The zero-order valence-electron chi connectivity index (χ0n) is 13.3. The summed E-state index contributed by atoms with van der Waals surface area (Å²) in [6.07, 6.45) is 4.60. The molecule has 1 atom stereocenters. The second-order valence-electron chi connectivity index (χ2n) is 5.73. The Hall–Kier alpha value is -2.90. The molecule has 2 aromatic rings. The van der Waals surface area contributed by atoms with Gasteiger partial charge in [-0.05, 0) is 25.3 Å². The van der Waals surface area contributed by atoms with Crippen LogP contribution in [0.15, 0.2) is 30.5 Å². The van der Waals surface area contributed by atoms with Crippen molar-refractivity contribution in [1.29, 1.82) is 0 Å². The summed E-state index contributed by atoms with van der Waals surface area (Å²) >= 11 is 0. The summed E-state index contributed by atoms with van der Waals surface area (Å²) in [5.41, 5.74) is 2.12. The van der Waals surface area contributed by atoms with Crippen molar-refractivity contribution in [1.82, 2.24) is 15.1 Å². The number of carbonyl (C=O) groups excluding carboxylic acids is 1. The molecule has 1 amide bonds. The average Bonchev–Trinajstić information content (AvgIpc) is 2.96. The number of benzene rings is 1. The number of rotatable bonds is 5. The standard InChI is InChI=1S/C16H18N4O4/c1-19-15-7-3-6-14(13(15)9-17-19)18-16(21)10-24-12-5-2-4-11(8-12)20(22)23/h2,4-5,8-9,14H,3,6-7,10H2,1H3,(H,18,21). The van der Waals surface area contributed by atoms with Gasteiger partial charge in [0.05, 0.1) is 23.2 Å². The van der Waals surface area contributed by atoms with Gasteiger partial charge in [-0.25, -0.2) is 0 Å². The highest BCUT2D eigenvalue weighted by Gasteiger charge is 2.24. The summed E-state index contributed by atoms with van der Waals surface area (Å²) in [6.45, 7) is -0.187. The maximum absolute atomic E-state index is 12.1. The summed E-state index contributed by atoms with van der Waals surface area (Å²) in [5, 5.41) is 17.9. The Balaban J connectivity index is 1.59. The number of nitrogens with zero attached hydrogens (tertiary/aromatic N) is 3. The van der Waals surface area contributed by atoms with Crippen molar-refractivity contribution in [3.63, 3.8) is 0 Å². The third kappa shape index (κ3) is 3.37. The predicted octanol–water partition coefficient (Wildman–Crippen LogP) is 1.90. The molecule has 1 aromatic carbocycles. The van der Waals surface area contributed by atoms with Crippen molar-refractivity contribution in [2.75, 3.05) is 6.61 Å². The number of aryl methyl sites for hydroxylation is 1. The van der Waals surface area contributed by atoms with Crippen molar-refractivity contribution in [3.05, 3.63) is 51.8 Å². The van der Waals surface area contributed by atoms with Crippen LogP contribution in [0.1, 0.15) is 30.1 Å². The Morgan fingerprint density at radius 1 is 1.54 bits per heavy atom. The van der Waals surface area contributed by atoms with Crippen LogP contribution in [0.5, 0.6) is 5.75 Å². The van der Waals surface area contributed by atoms with Crippen LogP contribution >= 0.6 is 0 Å². The van der Waals surface area contributed by atoms with E-state index in [-0.39, 0.29) is 24.2 Å². The highest BCUT2D eigenvalue weighted by atomic mass is 16.6. The van der Waals surface area contributed by atoms with Gasteiger partial charge in [0.15, 0.2) is 6.61 Å². The monoisotopic (exact) mass is 330 g/mol. The zero-order valence-corrected chi connectivity index (χ0v) is 13.3. The minimum atomic E-state index is -0.501. The molecule has 3 rings (SSSR count). The first kappa shape index (κ1) is 16.0. The minimum Gasteiger partial charge on any atom is -0.484 e. The average molecular weight is 330 g/mol. The molecule has 0 bridgehead atoms. The molecule has 0 aliphatic heterocycles. The van der Waals surface area contributed by atoms with E-state index in [2.05, 4.69) is 10.4 Å². The van der Waals surface area contributed by atoms with E-state index in [9.17, 15) is 14.9 Å². The predicted molar refractivity (Wildman–Crippen MR) is 85.6 cm³/mol. The van der Waals surface area contributed by atoms with Crippen LogP contribution in [0.3, 0.4) is 0 Å². The van der Waals surface area contributed by atoms with Gasteiger partial charge in [-0.3, -0.25) is 19.6 Å². The summed E-state index contributed by atoms with van der Waals surface area (Å²) in [7, 11) is 1.90. The second kappa shape index (κ2) is 6.69. The molecule has 1 aliphatic rings. The number of hydrogen-bond donors (Lipinski definition) is 1. The lowest BCUT2D eigenvalue weighted by Gasteiger charge is -2.23. The quantitative estimate of drug-likeness (QED) is 0.667. The van der Waals surface area contributed by atoms with Gasteiger partial charge in [0.1, 0.15) is 5.75 Å². The van der Waals surface area contributed by atoms with Gasteiger partial charge in [0.2, 0.25) is 0 Å². The Kier molecular flexibility index (Phi) is 4.45. The maximum atomic E-state index is 12.1. The molecule has 126 valence electrons. The first-order valence-electron chi connectivity index (χ1n) is 7.72. The van der Waals surface area contributed by atoms with Crippen LogP contribution < -0.4 is 10.1 Å². The number of non-ortho nitro benzene ring substituents is 1. The largest absolute Gasteiger partial charge is 0.484 e. The molecule has 0 spiro atoms. The molecule has 24 heavy (non-hydrogen) atoms. The van der Waals surface area contributed by atoms with Crippen LogP contribution in [0, 0.1) is 10.1 Å². The Bertz CT molecular complexity index is 771. The number of carbonyl (C=O) groups is 1. The van der Waals surface area contributed by atoms with E-state index >= 15 is 0 Å².